The summed E-state index contributed by atoms with van der Waals surface area (Å²) < 4.78 is 59.2. The summed E-state index contributed by atoms with van der Waals surface area (Å²) in [6, 6.07) is 11.7. The molecule has 1 aliphatic rings. The summed E-state index contributed by atoms with van der Waals surface area (Å²) in [5.41, 5.74) is -0.487. The highest BCUT2D eigenvalue weighted by Gasteiger charge is 2.40. The van der Waals surface area contributed by atoms with Gasteiger partial charge in [0.2, 0.25) is 0 Å². The largest absolute Gasteiger partial charge is 0.497 e. The molecule has 34 heavy (non-hydrogen) atoms. The van der Waals surface area contributed by atoms with Crippen LogP contribution in [0.4, 0.5) is 17.6 Å². The number of hydrogen-bond donors (Lipinski definition) is 0. The van der Waals surface area contributed by atoms with Gasteiger partial charge in [-0.1, -0.05) is 41.4 Å². The van der Waals surface area contributed by atoms with E-state index in [1.807, 2.05) is 0 Å². The van der Waals surface area contributed by atoms with Gasteiger partial charge in [0.25, 0.3) is 5.88 Å². The Morgan fingerprint density at radius 1 is 1.03 bits per heavy atom. The summed E-state index contributed by atoms with van der Waals surface area (Å²) in [7, 11) is 3.11. The van der Waals surface area contributed by atoms with Crippen molar-refractivity contribution < 1.29 is 27.1 Å². The molecule has 1 aromatic heterocycles. The standard InChI is InChI=1S/C22H16Cl2F4N4O2/c1-31-21(12-5-3-6-14(9-12)33-2)32(19(30-31)18-15(23)7-4-8-17(18)25)34-20-16(24)10-13(11-29-20)22(26,27)28/h3-11,21H,1-2H3. The summed E-state index contributed by atoms with van der Waals surface area (Å²) in [4.78, 5) is 9.57. The lowest BCUT2D eigenvalue weighted by atomic mass is 10.1. The van der Waals surface area contributed by atoms with Gasteiger partial charge in [-0.2, -0.15) is 23.3 Å². The molecule has 0 spiro atoms. The third-order valence-corrected chi connectivity index (χ3v) is 5.52. The smallest absolute Gasteiger partial charge is 0.417 e. The highest BCUT2D eigenvalue weighted by molar-refractivity contribution is 6.34. The number of benzene rings is 2. The summed E-state index contributed by atoms with van der Waals surface area (Å²) in [6.45, 7) is 0. The number of aromatic nitrogens is 1. The molecule has 0 aliphatic carbocycles. The minimum Gasteiger partial charge on any atom is -0.497 e. The lowest BCUT2D eigenvalue weighted by molar-refractivity contribution is -0.138. The van der Waals surface area contributed by atoms with Gasteiger partial charge >= 0.3 is 6.18 Å². The molecule has 3 aromatic rings. The van der Waals surface area contributed by atoms with Crippen molar-refractivity contribution in [3.8, 4) is 11.6 Å². The number of alkyl halides is 3. The summed E-state index contributed by atoms with van der Waals surface area (Å²) in [5.74, 6) is -0.505. The first kappa shape index (κ1) is 23.9. The molecular weight excluding hydrogens is 499 g/mol. The Kier molecular flexibility index (Phi) is 6.46. The Balaban J connectivity index is 1.81. The van der Waals surface area contributed by atoms with Crippen molar-refractivity contribution in [2.75, 3.05) is 14.2 Å². The minimum absolute atomic E-state index is 0.0313. The number of pyridine rings is 1. The number of ether oxygens (including phenoxy) is 1. The van der Waals surface area contributed by atoms with E-state index in [0.29, 0.717) is 23.6 Å². The van der Waals surface area contributed by atoms with Gasteiger partial charge in [-0.15, -0.1) is 0 Å². The Labute approximate surface area is 201 Å². The van der Waals surface area contributed by atoms with Gasteiger partial charge in [-0.3, -0.25) is 5.01 Å². The zero-order valence-corrected chi connectivity index (χ0v) is 19.2. The van der Waals surface area contributed by atoms with Gasteiger partial charge < -0.3 is 9.57 Å². The van der Waals surface area contributed by atoms with E-state index in [4.69, 9.17) is 32.8 Å². The van der Waals surface area contributed by atoms with E-state index in [9.17, 15) is 17.6 Å². The monoisotopic (exact) mass is 514 g/mol. The molecule has 12 heteroatoms. The average molecular weight is 515 g/mol. The molecule has 0 saturated carbocycles. The molecule has 178 valence electrons. The van der Waals surface area contributed by atoms with E-state index >= 15 is 0 Å². The van der Waals surface area contributed by atoms with Crippen molar-refractivity contribution >= 4 is 29.0 Å². The van der Waals surface area contributed by atoms with Crippen molar-refractivity contribution in [1.29, 1.82) is 0 Å². The number of methoxy groups -OCH3 is 1. The van der Waals surface area contributed by atoms with Gasteiger partial charge in [0.15, 0.2) is 12.0 Å². The van der Waals surface area contributed by atoms with Crippen LogP contribution in [0.3, 0.4) is 0 Å². The molecule has 2 aromatic carbocycles. The number of nitrogens with zero attached hydrogens (tertiary/aromatic N) is 4. The van der Waals surface area contributed by atoms with Crippen LogP contribution in [0, 0.1) is 5.82 Å². The third kappa shape index (κ3) is 4.55. The Morgan fingerprint density at radius 3 is 2.41 bits per heavy atom. The Morgan fingerprint density at radius 2 is 1.76 bits per heavy atom. The van der Waals surface area contributed by atoms with Gasteiger partial charge in [-0.25, -0.2) is 9.37 Å². The van der Waals surface area contributed by atoms with Crippen LogP contribution in [-0.2, 0) is 6.18 Å². The Bertz CT molecular complexity index is 1240. The van der Waals surface area contributed by atoms with Crippen LogP contribution in [0.15, 0.2) is 59.8 Å². The minimum atomic E-state index is -4.64. The predicted octanol–water partition coefficient (Wildman–Crippen LogP) is 6.16. The predicted molar refractivity (Wildman–Crippen MR) is 118 cm³/mol. The highest BCUT2D eigenvalue weighted by Crippen LogP contribution is 2.38. The topological polar surface area (TPSA) is 50.2 Å². The average Bonchev–Trinajstić information content (AvgIpc) is 3.09. The SMILES string of the molecule is COc1cccc(C2N(C)N=C(c3c(F)cccc3Cl)N2Oc2ncc(C(F)(F)F)cc2Cl)c1. The van der Waals surface area contributed by atoms with Crippen LogP contribution in [0.1, 0.15) is 22.9 Å². The molecule has 0 radical (unpaired) electrons. The molecule has 1 atom stereocenters. The summed E-state index contributed by atoms with van der Waals surface area (Å²) >= 11 is 12.3. The van der Waals surface area contributed by atoms with E-state index in [2.05, 4.69) is 10.1 Å². The molecule has 4 rings (SSSR count). The van der Waals surface area contributed by atoms with Crippen LogP contribution < -0.4 is 9.57 Å². The third-order valence-electron chi connectivity index (χ3n) is 4.94. The Hall–Kier alpha value is -3.24. The fourth-order valence-corrected chi connectivity index (χ4v) is 3.82. The van der Waals surface area contributed by atoms with Crippen molar-refractivity contribution in [1.82, 2.24) is 15.1 Å². The first-order valence-electron chi connectivity index (χ1n) is 9.70. The fraction of sp³-hybridized carbons (Fsp3) is 0.182. The van der Waals surface area contributed by atoms with Crippen LogP contribution in [0.25, 0.3) is 0 Å². The van der Waals surface area contributed by atoms with E-state index in [1.54, 1.807) is 31.3 Å². The van der Waals surface area contributed by atoms with Gasteiger partial charge in [0.1, 0.15) is 16.6 Å². The molecule has 0 bridgehead atoms. The highest BCUT2D eigenvalue weighted by atomic mass is 35.5. The van der Waals surface area contributed by atoms with Gasteiger partial charge in [0.05, 0.1) is 23.3 Å². The van der Waals surface area contributed by atoms with Crippen LogP contribution >= 0.6 is 23.2 Å². The first-order chi connectivity index (χ1) is 16.1. The molecule has 2 heterocycles. The molecular formula is C22H16Cl2F4N4O2. The van der Waals surface area contributed by atoms with Crippen LogP contribution in [0.5, 0.6) is 11.6 Å². The maximum Gasteiger partial charge on any atom is 0.417 e. The van der Waals surface area contributed by atoms with E-state index in [1.165, 1.54) is 35.4 Å². The zero-order chi connectivity index (χ0) is 24.6. The molecule has 0 amide bonds. The maximum atomic E-state index is 14.8. The van der Waals surface area contributed by atoms with Crippen LogP contribution in [0.2, 0.25) is 10.0 Å². The number of halogens is 6. The zero-order valence-electron chi connectivity index (χ0n) is 17.6. The van der Waals surface area contributed by atoms with E-state index in [-0.39, 0.29) is 22.3 Å². The lowest BCUT2D eigenvalue weighted by Crippen LogP contribution is -2.38. The number of hydroxylamine groups is 2. The van der Waals surface area contributed by atoms with E-state index < -0.39 is 28.7 Å². The maximum absolute atomic E-state index is 14.8. The van der Waals surface area contributed by atoms with Crippen molar-refractivity contribution in [3.05, 3.63) is 87.3 Å². The number of rotatable bonds is 5. The molecule has 1 aliphatic heterocycles. The molecule has 1 unspecified atom stereocenters. The second-order valence-corrected chi connectivity index (χ2v) is 7.98. The summed E-state index contributed by atoms with van der Waals surface area (Å²) in [5, 5.41) is 6.71. The molecule has 0 fully saturated rings. The quantitative estimate of drug-likeness (QED) is 0.382. The fourth-order valence-electron chi connectivity index (χ4n) is 3.37. The van der Waals surface area contributed by atoms with Crippen molar-refractivity contribution in [2.45, 2.75) is 12.3 Å². The second kappa shape index (κ2) is 9.19. The summed E-state index contributed by atoms with van der Waals surface area (Å²) in [6.07, 6.45) is -4.84. The van der Waals surface area contributed by atoms with Gasteiger partial charge in [-0.05, 0) is 30.3 Å². The first-order valence-corrected chi connectivity index (χ1v) is 10.5. The molecule has 0 N–H and O–H groups in total. The number of hydrogen-bond acceptors (Lipinski definition) is 6. The van der Waals surface area contributed by atoms with Crippen molar-refractivity contribution in [3.63, 3.8) is 0 Å². The normalized spacial score (nSPS) is 16.0. The lowest BCUT2D eigenvalue weighted by Gasteiger charge is -2.29. The van der Waals surface area contributed by atoms with Crippen LogP contribution in [-0.4, -0.2) is 35.0 Å². The molecule has 0 saturated heterocycles. The number of amidine groups is 1. The number of hydrazone groups is 1. The van der Waals surface area contributed by atoms with Crippen molar-refractivity contribution in [2.24, 2.45) is 5.10 Å². The van der Waals surface area contributed by atoms with E-state index in [0.717, 1.165) is 0 Å². The second-order valence-electron chi connectivity index (χ2n) is 7.17. The molecule has 6 nitrogen and oxygen atoms in total. The van der Waals surface area contributed by atoms with Gasteiger partial charge in [0, 0.05) is 18.8 Å².